The summed E-state index contributed by atoms with van der Waals surface area (Å²) in [5.74, 6) is 0.848. The molecule has 0 saturated carbocycles. The zero-order valence-electron chi connectivity index (χ0n) is 16.6. The fraction of sp³-hybridized carbons (Fsp3) is 0.333. The molecule has 1 fully saturated rings. The van der Waals surface area contributed by atoms with Crippen LogP contribution < -0.4 is 15.5 Å². The number of hydrogen-bond donors (Lipinski definition) is 2. The van der Waals surface area contributed by atoms with Crippen molar-refractivity contribution >= 4 is 43.3 Å². The molecule has 4 aromatic rings. The van der Waals surface area contributed by atoms with Gasteiger partial charge in [0.15, 0.2) is 0 Å². The molecule has 1 aliphatic rings. The van der Waals surface area contributed by atoms with Crippen molar-refractivity contribution in [2.45, 2.75) is 20.4 Å². The van der Waals surface area contributed by atoms with Gasteiger partial charge in [0.1, 0.15) is 17.0 Å². The normalized spacial score (nSPS) is 14.6. The van der Waals surface area contributed by atoms with Crippen LogP contribution in [0.5, 0.6) is 0 Å². The molecule has 8 heteroatoms. The Hall–Kier alpha value is -2.84. The minimum absolute atomic E-state index is 0.714. The molecule has 0 aliphatic carbocycles. The molecule has 1 saturated heterocycles. The van der Waals surface area contributed by atoms with Crippen molar-refractivity contribution in [2.75, 3.05) is 36.4 Å². The van der Waals surface area contributed by atoms with Crippen molar-refractivity contribution in [2.24, 2.45) is 0 Å². The molecule has 148 valence electrons. The molecule has 0 bridgehead atoms. The minimum Gasteiger partial charge on any atom is -0.369 e. The van der Waals surface area contributed by atoms with Crippen molar-refractivity contribution in [1.82, 2.24) is 25.5 Å². The van der Waals surface area contributed by atoms with Gasteiger partial charge in [0.05, 0.1) is 15.9 Å². The van der Waals surface area contributed by atoms with Gasteiger partial charge in [-0.15, -0.1) is 16.4 Å². The number of piperazine rings is 1. The maximum absolute atomic E-state index is 4.53. The number of thiophene rings is 1. The lowest BCUT2D eigenvalue weighted by molar-refractivity contribution is 0.589. The van der Waals surface area contributed by atoms with Gasteiger partial charge in [0.2, 0.25) is 0 Å². The van der Waals surface area contributed by atoms with E-state index in [4.69, 9.17) is 0 Å². The highest BCUT2D eigenvalue weighted by Crippen LogP contribution is 2.36. The van der Waals surface area contributed by atoms with Gasteiger partial charge in [-0.05, 0) is 37.1 Å². The van der Waals surface area contributed by atoms with E-state index in [1.807, 2.05) is 6.92 Å². The number of benzene rings is 1. The summed E-state index contributed by atoms with van der Waals surface area (Å²) < 4.78 is 1.03. The lowest BCUT2D eigenvalue weighted by Crippen LogP contribution is -2.43. The number of anilines is 2. The smallest absolute Gasteiger partial charge is 0.149 e. The molecule has 5 rings (SSSR count). The van der Waals surface area contributed by atoms with Crippen LogP contribution in [0.15, 0.2) is 30.6 Å². The Bertz CT molecular complexity index is 1160. The van der Waals surface area contributed by atoms with Gasteiger partial charge < -0.3 is 15.5 Å². The summed E-state index contributed by atoms with van der Waals surface area (Å²) >= 11 is 1.59. The van der Waals surface area contributed by atoms with E-state index in [1.54, 1.807) is 17.7 Å². The molecule has 0 unspecified atom stereocenters. The summed E-state index contributed by atoms with van der Waals surface area (Å²) in [4.78, 5) is 12.3. The molecule has 1 aromatic carbocycles. The summed E-state index contributed by atoms with van der Waals surface area (Å²) in [6.07, 6.45) is 1.62. The first-order valence-electron chi connectivity index (χ1n) is 9.86. The molecule has 0 atom stereocenters. The third-order valence-corrected chi connectivity index (χ3v) is 6.61. The molecule has 3 aromatic heterocycles. The average molecular weight is 406 g/mol. The zero-order chi connectivity index (χ0) is 19.8. The monoisotopic (exact) mass is 405 g/mol. The quantitative estimate of drug-likeness (QED) is 0.539. The van der Waals surface area contributed by atoms with Crippen molar-refractivity contribution in [3.63, 3.8) is 0 Å². The first kappa shape index (κ1) is 18.2. The molecular weight excluding hydrogens is 382 g/mol. The highest BCUT2D eigenvalue weighted by Gasteiger charge is 2.16. The van der Waals surface area contributed by atoms with Crippen molar-refractivity contribution in [1.29, 1.82) is 0 Å². The number of fused-ring (bicyclic) bond motifs is 3. The van der Waals surface area contributed by atoms with E-state index >= 15 is 0 Å². The van der Waals surface area contributed by atoms with Crippen molar-refractivity contribution in [3.8, 4) is 0 Å². The predicted octanol–water partition coefficient (Wildman–Crippen LogP) is 3.27. The van der Waals surface area contributed by atoms with Gasteiger partial charge in [0, 0.05) is 43.8 Å². The summed E-state index contributed by atoms with van der Waals surface area (Å²) in [5, 5.41) is 16.6. The van der Waals surface area contributed by atoms with Crippen LogP contribution >= 0.6 is 11.3 Å². The Balaban J connectivity index is 1.39. The van der Waals surface area contributed by atoms with Crippen LogP contribution in [0.1, 0.15) is 16.8 Å². The topological polar surface area (TPSA) is 78.9 Å². The molecule has 1 aliphatic heterocycles. The Morgan fingerprint density at radius 2 is 1.86 bits per heavy atom. The van der Waals surface area contributed by atoms with Gasteiger partial charge in [-0.1, -0.05) is 12.1 Å². The van der Waals surface area contributed by atoms with E-state index in [1.165, 1.54) is 11.3 Å². The number of rotatable bonds is 4. The predicted molar refractivity (Wildman–Crippen MR) is 119 cm³/mol. The Morgan fingerprint density at radius 1 is 1.07 bits per heavy atom. The van der Waals surface area contributed by atoms with E-state index in [0.717, 1.165) is 63.7 Å². The first-order chi connectivity index (χ1) is 14.2. The standard InChI is InChI=1S/C21H23N7S/c1-13-14(2)26-27-21-17(13)18-19(29-21)20(25-12-24-18)23-11-15-3-5-16(6-4-15)28-9-7-22-8-10-28/h3-6,12,22H,7-11H2,1-2H3,(H,23,24,25). The highest BCUT2D eigenvalue weighted by molar-refractivity contribution is 7.25. The molecule has 2 N–H and O–H groups in total. The minimum atomic E-state index is 0.714. The van der Waals surface area contributed by atoms with Gasteiger partial charge in [0.25, 0.3) is 0 Å². The van der Waals surface area contributed by atoms with E-state index in [2.05, 4.69) is 66.9 Å². The summed E-state index contributed by atoms with van der Waals surface area (Å²) in [6, 6.07) is 8.79. The first-order valence-corrected chi connectivity index (χ1v) is 10.7. The van der Waals surface area contributed by atoms with Crippen LogP contribution in [0.25, 0.3) is 20.4 Å². The third kappa shape index (κ3) is 3.38. The Morgan fingerprint density at radius 3 is 2.66 bits per heavy atom. The number of nitrogens with one attached hydrogen (secondary N) is 2. The molecule has 0 spiro atoms. The fourth-order valence-corrected chi connectivity index (χ4v) is 4.84. The van der Waals surface area contributed by atoms with Gasteiger partial charge in [-0.3, -0.25) is 0 Å². The molecular formula is C21H23N7S. The Kier molecular flexibility index (Phi) is 4.73. The molecule has 0 amide bonds. The molecule has 4 heterocycles. The van der Waals surface area contributed by atoms with Gasteiger partial charge in [-0.2, -0.15) is 5.10 Å². The Labute approximate surface area is 173 Å². The highest BCUT2D eigenvalue weighted by atomic mass is 32.1. The summed E-state index contributed by atoms with van der Waals surface area (Å²) in [7, 11) is 0. The maximum atomic E-state index is 4.53. The zero-order valence-corrected chi connectivity index (χ0v) is 17.4. The van der Waals surface area contributed by atoms with Crippen LogP contribution in [0, 0.1) is 13.8 Å². The number of hydrogen-bond acceptors (Lipinski definition) is 8. The number of nitrogens with zero attached hydrogens (tertiary/aromatic N) is 5. The van der Waals surface area contributed by atoms with E-state index < -0.39 is 0 Å². The number of aromatic nitrogens is 4. The second-order valence-electron chi connectivity index (χ2n) is 7.35. The molecule has 7 nitrogen and oxygen atoms in total. The van der Waals surface area contributed by atoms with Gasteiger partial charge >= 0.3 is 0 Å². The largest absolute Gasteiger partial charge is 0.369 e. The van der Waals surface area contributed by atoms with E-state index in [0.29, 0.717) is 6.54 Å². The van der Waals surface area contributed by atoms with E-state index in [-0.39, 0.29) is 0 Å². The SMILES string of the molecule is Cc1nnc2sc3c(NCc4ccc(N5CCNCC5)cc4)ncnc3c2c1C. The van der Waals surface area contributed by atoms with Crippen LogP contribution in [0.2, 0.25) is 0 Å². The second kappa shape index (κ2) is 7.53. The third-order valence-electron chi connectivity index (χ3n) is 5.54. The van der Waals surface area contributed by atoms with Crippen molar-refractivity contribution < 1.29 is 0 Å². The fourth-order valence-electron chi connectivity index (χ4n) is 3.74. The lowest BCUT2D eigenvalue weighted by Gasteiger charge is -2.29. The second-order valence-corrected chi connectivity index (χ2v) is 8.35. The van der Waals surface area contributed by atoms with Crippen LogP contribution in [0.4, 0.5) is 11.5 Å². The summed E-state index contributed by atoms with van der Waals surface area (Å²) in [6.45, 7) is 8.99. The molecule has 0 radical (unpaired) electrons. The maximum Gasteiger partial charge on any atom is 0.149 e. The van der Waals surface area contributed by atoms with Crippen molar-refractivity contribution in [3.05, 3.63) is 47.4 Å². The number of aryl methyl sites for hydroxylation is 2. The van der Waals surface area contributed by atoms with E-state index in [9.17, 15) is 0 Å². The molecule has 29 heavy (non-hydrogen) atoms. The summed E-state index contributed by atoms with van der Waals surface area (Å²) in [5.41, 5.74) is 5.54. The van der Waals surface area contributed by atoms with Crippen LogP contribution in [0.3, 0.4) is 0 Å². The van der Waals surface area contributed by atoms with Crippen LogP contribution in [-0.2, 0) is 6.54 Å². The van der Waals surface area contributed by atoms with Gasteiger partial charge in [-0.25, -0.2) is 9.97 Å². The lowest BCUT2D eigenvalue weighted by atomic mass is 10.1. The average Bonchev–Trinajstić information content (AvgIpc) is 3.16. The van der Waals surface area contributed by atoms with Crippen LogP contribution in [-0.4, -0.2) is 46.3 Å².